The fraction of sp³-hybridized carbons (Fsp3) is 0.304. The lowest BCUT2D eigenvalue weighted by Crippen LogP contribution is -2.33. The van der Waals surface area contributed by atoms with Crippen molar-refractivity contribution in [2.75, 3.05) is 26.3 Å². The number of benzene rings is 2. The molecule has 1 aliphatic heterocycles. The van der Waals surface area contributed by atoms with E-state index in [1.165, 1.54) is 6.20 Å². The number of carbonyl (C=O) groups excluding carboxylic acids is 1. The molecule has 0 saturated heterocycles. The maximum absolute atomic E-state index is 11.8. The largest absolute Gasteiger partial charge is 0.462 e. The number of rotatable bonds is 6. The number of esters is 1. The molecule has 0 unspecified atom stereocenters. The number of fused-ring (bicyclic) bond motifs is 1. The first-order chi connectivity index (χ1) is 15.5. The minimum Gasteiger partial charge on any atom is -0.462 e. The zero-order valence-corrected chi connectivity index (χ0v) is 17.8. The van der Waals surface area contributed by atoms with E-state index in [1.807, 2.05) is 12.1 Å². The fourth-order valence-corrected chi connectivity index (χ4v) is 3.61. The maximum atomic E-state index is 11.8. The van der Waals surface area contributed by atoms with Crippen LogP contribution in [0.4, 0.5) is 5.82 Å². The predicted molar refractivity (Wildman–Crippen MR) is 117 cm³/mol. The predicted octanol–water partition coefficient (Wildman–Crippen LogP) is 3.53. The van der Waals surface area contributed by atoms with E-state index in [0.29, 0.717) is 37.9 Å². The van der Waals surface area contributed by atoms with Gasteiger partial charge < -0.3 is 19.6 Å². The molecule has 3 aromatic rings. The van der Waals surface area contributed by atoms with E-state index >= 15 is 0 Å². The van der Waals surface area contributed by atoms with Gasteiger partial charge in [-0.2, -0.15) is 0 Å². The second kappa shape index (κ2) is 9.61. The average Bonchev–Trinajstić information content (AvgIpc) is 3.19. The van der Waals surface area contributed by atoms with Gasteiger partial charge in [0.2, 0.25) is 0 Å². The summed E-state index contributed by atoms with van der Waals surface area (Å²) in [5.74, 6) is -0.511. The molecule has 1 aliphatic rings. The van der Waals surface area contributed by atoms with Crippen LogP contribution in [0.5, 0.6) is 6.01 Å². The lowest BCUT2D eigenvalue weighted by atomic mass is 10.0. The Balaban J connectivity index is 1.38. The van der Waals surface area contributed by atoms with Gasteiger partial charge in [0.25, 0.3) is 0 Å². The van der Waals surface area contributed by atoms with Gasteiger partial charge in [0.1, 0.15) is 12.8 Å². The van der Waals surface area contributed by atoms with Crippen LogP contribution < -0.4 is 4.74 Å². The summed E-state index contributed by atoms with van der Waals surface area (Å²) in [7, 11) is 0. The van der Waals surface area contributed by atoms with E-state index in [-0.39, 0.29) is 11.8 Å². The van der Waals surface area contributed by atoms with Crippen LogP contribution in [0.2, 0.25) is 0 Å². The molecule has 9 nitrogen and oxygen atoms in total. The minimum absolute atomic E-state index is 0.195. The van der Waals surface area contributed by atoms with Crippen LogP contribution in [0.25, 0.3) is 11.1 Å². The van der Waals surface area contributed by atoms with E-state index in [9.17, 15) is 14.9 Å². The minimum atomic E-state index is -0.509. The lowest BCUT2D eigenvalue weighted by molar-refractivity contribution is -0.389. The van der Waals surface area contributed by atoms with E-state index in [2.05, 4.69) is 34.1 Å². The SMILES string of the molecule is CCOC(=O)c1ccc(-c2ccc(CN3CCOc4nc([N+](=O)[O-])cn4CC3)cc2)cc1. The Morgan fingerprint density at radius 1 is 1.09 bits per heavy atom. The Labute approximate surface area is 185 Å². The van der Waals surface area contributed by atoms with Gasteiger partial charge in [0.15, 0.2) is 0 Å². The van der Waals surface area contributed by atoms with Crippen molar-refractivity contribution in [1.82, 2.24) is 14.5 Å². The molecular formula is C23H24N4O5. The van der Waals surface area contributed by atoms with Crippen LogP contribution in [0.1, 0.15) is 22.8 Å². The first-order valence-electron chi connectivity index (χ1n) is 10.5. The molecule has 9 heteroatoms. The van der Waals surface area contributed by atoms with Crippen molar-refractivity contribution in [2.24, 2.45) is 0 Å². The van der Waals surface area contributed by atoms with E-state index in [4.69, 9.17) is 9.47 Å². The normalized spacial score (nSPS) is 14.0. The summed E-state index contributed by atoms with van der Waals surface area (Å²) in [6.45, 7) is 5.32. The van der Waals surface area contributed by atoms with Crippen molar-refractivity contribution in [1.29, 1.82) is 0 Å². The van der Waals surface area contributed by atoms with Gasteiger partial charge in [0, 0.05) is 31.2 Å². The Bertz CT molecular complexity index is 1090. The first-order valence-corrected chi connectivity index (χ1v) is 10.5. The summed E-state index contributed by atoms with van der Waals surface area (Å²) in [6.07, 6.45) is 1.42. The van der Waals surface area contributed by atoms with Crippen molar-refractivity contribution >= 4 is 11.8 Å². The molecule has 2 aromatic carbocycles. The maximum Gasteiger partial charge on any atom is 0.414 e. The van der Waals surface area contributed by atoms with Gasteiger partial charge in [0.05, 0.1) is 12.2 Å². The van der Waals surface area contributed by atoms with E-state index < -0.39 is 4.92 Å². The third-order valence-corrected chi connectivity index (χ3v) is 5.30. The number of imidazole rings is 1. The van der Waals surface area contributed by atoms with Crippen molar-refractivity contribution in [2.45, 2.75) is 20.0 Å². The van der Waals surface area contributed by atoms with Gasteiger partial charge >= 0.3 is 17.8 Å². The Morgan fingerprint density at radius 3 is 2.44 bits per heavy atom. The molecule has 1 aromatic heterocycles. The molecule has 4 rings (SSSR count). The zero-order valence-electron chi connectivity index (χ0n) is 17.8. The molecule has 0 bridgehead atoms. The molecule has 2 heterocycles. The zero-order chi connectivity index (χ0) is 22.5. The Morgan fingerprint density at radius 2 is 1.78 bits per heavy atom. The first kappa shape index (κ1) is 21.5. The highest BCUT2D eigenvalue weighted by molar-refractivity contribution is 5.90. The van der Waals surface area contributed by atoms with Crippen molar-refractivity contribution < 1.29 is 19.2 Å². The van der Waals surface area contributed by atoms with Crippen molar-refractivity contribution in [3.63, 3.8) is 0 Å². The molecule has 166 valence electrons. The number of aromatic nitrogens is 2. The Kier molecular flexibility index (Phi) is 6.46. The Hall–Kier alpha value is -3.72. The number of carbonyl (C=O) groups is 1. The quantitative estimate of drug-likeness (QED) is 0.331. The van der Waals surface area contributed by atoms with Crippen LogP contribution in [-0.2, 0) is 17.8 Å². The summed E-state index contributed by atoms with van der Waals surface area (Å²) < 4.78 is 12.3. The third kappa shape index (κ3) is 4.94. The molecule has 0 atom stereocenters. The van der Waals surface area contributed by atoms with Crippen molar-refractivity contribution in [3.8, 4) is 17.1 Å². The molecule has 0 N–H and O–H groups in total. The third-order valence-electron chi connectivity index (χ3n) is 5.30. The van der Waals surface area contributed by atoms with Crippen molar-refractivity contribution in [3.05, 3.63) is 76.0 Å². The summed E-state index contributed by atoms with van der Waals surface area (Å²) in [5, 5.41) is 10.9. The summed E-state index contributed by atoms with van der Waals surface area (Å²) in [6, 6.07) is 16.0. The second-order valence-corrected chi connectivity index (χ2v) is 7.45. The van der Waals surface area contributed by atoms with Gasteiger partial charge in [-0.3, -0.25) is 9.47 Å². The van der Waals surface area contributed by atoms with Gasteiger partial charge in [-0.25, -0.2) is 4.79 Å². The number of nitrogens with zero attached hydrogens (tertiary/aromatic N) is 4. The standard InChI is InChI=1S/C23H24N4O5/c1-2-31-22(28)20-9-7-19(8-10-20)18-5-3-17(4-6-18)15-25-11-12-26-16-21(27(29)30)24-23(26)32-14-13-25/h3-10,16H,2,11-15H2,1H3. The van der Waals surface area contributed by atoms with Crippen LogP contribution >= 0.6 is 0 Å². The molecule has 0 spiro atoms. The number of nitro groups is 1. The van der Waals surface area contributed by atoms with Gasteiger partial charge in [-0.1, -0.05) is 36.4 Å². The summed E-state index contributed by atoms with van der Waals surface area (Å²) >= 11 is 0. The van der Waals surface area contributed by atoms with Gasteiger partial charge in [-0.05, 0) is 40.7 Å². The molecule has 0 saturated carbocycles. The summed E-state index contributed by atoms with van der Waals surface area (Å²) in [5.41, 5.74) is 3.79. The molecule has 32 heavy (non-hydrogen) atoms. The lowest BCUT2D eigenvalue weighted by Gasteiger charge is -2.24. The molecular weight excluding hydrogens is 412 g/mol. The van der Waals surface area contributed by atoms with Crippen LogP contribution in [0, 0.1) is 10.1 Å². The highest BCUT2D eigenvalue weighted by Crippen LogP contribution is 2.22. The second-order valence-electron chi connectivity index (χ2n) is 7.45. The van der Waals surface area contributed by atoms with Gasteiger partial charge in [-0.15, -0.1) is 0 Å². The average molecular weight is 436 g/mol. The molecule has 0 aliphatic carbocycles. The summed E-state index contributed by atoms with van der Waals surface area (Å²) in [4.78, 5) is 28.4. The highest BCUT2D eigenvalue weighted by atomic mass is 16.6. The van der Waals surface area contributed by atoms with Crippen LogP contribution in [-0.4, -0.2) is 51.6 Å². The van der Waals surface area contributed by atoms with Crippen LogP contribution in [0.3, 0.4) is 0 Å². The molecule has 0 radical (unpaired) electrons. The van der Waals surface area contributed by atoms with Crippen LogP contribution in [0.15, 0.2) is 54.7 Å². The number of hydrogen-bond acceptors (Lipinski definition) is 7. The topological polar surface area (TPSA) is 99.7 Å². The molecule has 0 amide bonds. The van der Waals surface area contributed by atoms with E-state index in [0.717, 1.165) is 29.8 Å². The highest BCUT2D eigenvalue weighted by Gasteiger charge is 2.22. The van der Waals surface area contributed by atoms with E-state index in [1.54, 1.807) is 23.6 Å². The molecule has 0 fully saturated rings. The number of hydrogen-bond donors (Lipinski definition) is 0. The smallest absolute Gasteiger partial charge is 0.414 e. The number of ether oxygens (including phenoxy) is 2. The monoisotopic (exact) mass is 436 g/mol. The fourth-order valence-electron chi connectivity index (χ4n) is 3.61.